The second-order valence-electron chi connectivity index (χ2n) is 5.78. The van der Waals surface area contributed by atoms with Crippen LogP contribution in [0.2, 0.25) is 0 Å². The van der Waals surface area contributed by atoms with Gasteiger partial charge in [-0.1, -0.05) is 18.2 Å². The molecule has 8 nitrogen and oxygen atoms in total. The molecule has 0 aliphatic carbocycles. The number of esters is 1. The Kier molecular flexibility index (Phi) is 6.51. The SMILES string of the molecule is O=C(CNC(=O)c1ccco1)N/N=C\c1ccc(OC(=O)c2ccccc2)cc1. The summed E-state index contributed by atoms with van der Waals surface area (Å²) in [5, 5.41) is 6.22. The number of hydrogen-bond acceptors (Lipinski definition) is 6. The van der Waals surface area contributed by atoms with E-state index >= 15 is 0 Å². The molecule has 0 atom stereocenters. The van der Waals surface area contributed by atoms with Gasteiger partial charge in [0.25, 0.3) is 11.8 Å². The van der Waals surface area contributed by atoms with Gasteiger partial charge in [0, 0.05) is 0 Å². The molecule has 0 bridgehead atoms. The van der Waals surface area contributed by atoms with E-state index in [0.29, 0.717) is 16.9 Å². The number of ether oxygens (including phenoxy) is 1. The Morgan fingerprint density at radius 2 is 1.72 bits per heavy atom. The van der Waals surface area contributed by atoms with E-state index < -0.39 is 17.8 Å². The maximum absolute atomic E-state index is 12.0. The molecule has 3 aromatic rings. The van der Waals surface area contributed by atoms with E-state index in [4.69, 9.17) is 9.15 Å². The van der Waals surface area contributed by atoms with Crippen LogP contribution in [-0.2, 0) is 4.79 Å². The average Bonchev–Trinajstić information content (AvgIpc) is 3.29. The highest BCUT2D eigenvalue weighted by atomic mass is 16.5. The molecule has 0 aliphatic rings. The molecule has 3 rings (SSSR count). The fourth-order valence-electron chi connectivity index (χ4n) is 2.24. The Labute approximate surface area is 166 Å². The van der Waals surface area contributed by atoms with Gasteiger partial charge in [-0.15, -0.1) is 0 Å². The molecule has 0 aliphatic heterocycles. The molecule has 29 heavy (non-hydrogen) atoms. The largest absolute Gasteiger partial charge is 0.459 e. The fraction of sp³-hybridized carbons (Fsp3) is 0.0476. The smallest absolute Gasteiger partial charge is 0.343 e. The zero-order valence-electron chi connectivity index (χ0n) is 15.2. The number of nitrogens with zero attached hydrogens (tertiary/aromatic N) is 1. The highest BCUT2D eigenvalue weighted by Crippen LogP contribution is 2.13. The minimum Gasteiger partial charge on any atom is -0.459 e. The van der Waals surface area contributed by atoms with Crippen molar-refractivity contribution in [3.05, 3.63) is 89.9 Å². The summed E-state index contributed by atoms with van der Waals surface area (Å²) in [6.45, 7) is -0.245. The molecule has 0 unspecified atom stereocenters. The van der Waals surface area contributed by atoms with Crippen LogP contribution >= 0.6 is 0 Å². The number of nitrogens with one attached hydrogen (secondary N) is 2. The Hall–Kier alpha value is -4.20. The van der Waals surface area contributed by atoms with Crippen LogP contribution in [0.4, 0.5) is 0 Å². The van der Waals surface area contributed by atoms with Crippen LogP contribution in [0.5, 0.6) is 5.75 Å². The normalized spacial score (nSPS) is 10.5. The van der Waals surface area contributed by atoms with Crippen molar-refractivity contribution < 1.29 is 23.5 Å². The first kappa shape index (κ1) is 19.6. The van der Waals surface area contributed by atoms with E-state index in [1.807, 2.05) is 6.07 Å². The van der Waals surface area contributed by atoms with Crippen molar-refractivity contribution in [1.29, 1.82) is 0 Å². The van der Waals surface area contributed by atoms with Crippen LogP contribution in [0.3, 0.4) is 0 Å². The first-order valence-corrected chi connectivity index (χ1v) is 8.63. The summed E-state index contributed by atoms with van der Waals surface area (Å²) in [5.41, 5.74) is 3.44. The molecule has 0 fully saturated rings. The molecule has 0 saturated heterocycles. The molecule has 2 amide bonds. The van der Waals surface area contributed by atoms with Crippen molar-refractivity contribution in [1.82, 2.24) is 10.7 Å². The second kappa shape index (κ2) is 9.65. The first-order chi connectivity index (χ1) is 14.1. The number of benzene rings is 2. The average molecular weight is 391 g/mol. The quantitative estimate of drug-likeness (QED) is 0.278. The highest BCUT2D eigenvalue weighted by Gasteiger charge is 2.10. The van der Waals surface area contributed by atoms with Crippen molar-refractivity contribution in [2.24, 2.45) is 5.10 Å². The van der Waals surface area contributed by atoms with Crippen molar-refractivity contribution in [3.63, 3.8) is 0 Å². The van der Waals surface area contributed by atoms with Gasteiger partial charge in [0.15, 0.2) is 5.76 Å². The van der Waals surface area contributed by atoms with Gasteiger partial charge in [0.05, 0.1) is 24.6 Å². The van der Waals surface area contributed by atoms with E-state index in [9.17, 15) is 14.4 Å². The van der Waals surface area contributed by atoms with Gasteiger partial charge in [-0.2, -0.15) is 5.10 Å². The summed E-state index contributed by atoms with van der Waals surface area (Å²) in [6.07, 6.45) is 2.79. The van der Waals surface area contributed by atoms with Crippen LogP contribution < -0.4 is 15.5 Å². The van der Waals surface area contributed by atoms with E-state index in [-0.39, 0.29) is 12.3 Å². The number of carbonyl (C=O) groups is 3. The third-order valence-corrected chi connectivity index (χ3v) is 3.66. The maximum Gasteiger partial charge on any atom is 0.343 e. The standard InChI is InChI=1S/C21H17N3O5/c25-19(14-22-20(26)18-7-4-12-28-18)24-23-13-15-8-10-17(11-9-15)29-21(27)16-5-2-1-3-6-16/h1-13H,14H2,(H,22,26)(H,24,25)/b23-13-. The van der Waals surface area contributed by atoms with E-state index in [2.05, 4.69) is 15.8 Å². The highest BCUT2D eigenvalue weighted by molar-refractivity contribution is 5.94. The summed E-state index contributed by atoms with van der Waals surface area (Å²) in [6, 6.07) is 18.3. The van der Waals surface area contributed by atoms with Crippen molar-refractivity contribution in [3.8, 4) is 5.75 Å². The lowest BCUT2D eigenvalue weighted by atomic mass is 10.2. The van der Waals surface area contributed by atoms with Crippen LogP contribution in [-0.4, -0.2) is 30.5 Å². The number of amides is 2. The lowest BCUT2D eigenvalue weighted by Crippen LogP contribution is -2.34. The number of hydrogen-bond donors (Lipinski definition) is 2. The summed E-state index contributed by atoms with van der Waals surface area (Å²) in [7, 11) is 0. The topological polar surface area (TPSA) is 110 Å². The van der Waals surface area contributed by atoms with Crippen molar-refractivity contribution in [2.75, 3.05) is 6.54 Å². The molecule has 1 aromatic heterocycles. The maximum atomic E-state index is 12.0. The number of carbonyl (C=O) groups excluding carboxylic acids is 3. The zero-order valence-corrected chi connectivity index (χ0v) is 15.2. The molecule has 0 spiro atoms. The Morgan fingerprint density at radius 1 is 0.966 bits per heavy atom. The molecule has 2 N–H and O–H groups in total. The molecular weight excluding hydrogens is 374 g/mol. The van der Waals surface area contributed by atoms with Gasteiger partial charge in [-0.25, -0.2) is 10.2 Å². The zero-order chi connectivity index (χ0) is 20.5. The molecule has 146 valence electrons. The van der Waals surface area contributed by atoms with Crippen LogP contribution in [0.1, 0.15) is 26.5 Å². The first-order valence-electron chi connectivity index (χ1n) is 8.63. The lowest BCUT2D eigenvalue weighted by molar-refractivity contribution is -0.120. The van der Waals surface area contributed by atoms with Crippen LogP contribution in [0.15, 0.2) is 82.5 Å². The Morgan fingerprint density at radius 3 is 2.41 bits per heavy atom. The van der Waals surface area contributed by atoms with Crippen LogP contribution in [0, 0.1) is 0 Å². The predicted octanol–water partition coefficient (Wildman–Crippen LogP) is 2.38. The number of hydrazone groups is 1. The van der Waals surface area contributed by atoms with E-state index in [1.54, 1.807) is 54.6 Å². The second-order valence-corrected chi connectivity index (χ2v) is 5.78. The molecule has 1 heterocycles. The summed E-state index contributed by atoms with van der Waals surface area (Å²) in [4.78, 5) is 35.3. The van der Waals surface area contributed by atoms with Gasteiger partial charge >= 0.3 is 5.97 Å². The lowest BCUT2D eigenvalue weighted by Gasteiger charge is -2.04. The Balaban J connectivity index is 1.44. The monoisotopic (exact) mass is 391 g/mol. The van der Waals surface area contributed by atoms with Gasteiger partial charge in [-0.05, 0) is 54.1 Å². The third-order valence-electron chi connectivity index (χ3n) is 3.66. The molecule has 2 aromatic carbocycles. The predicted molar refractivity (Wildman–Crippen MR) is 105 cm³/mol. The summed E-state index contributed by atoms with van der Waals surface area (Å²) >= 11 is 0. The molecule has 8 heteroatoms. The number of rotatable bonds is 7. The third kappa shape index (κ3) is 5.90. The summed E-state index contributed by atoms with van der Waals surface area (Å²) in [5.74, 6) is -0.921. The molecule has 0 saturated carbocycles. The van der Waals surface area contributed by atoms with E-state index in [1.165, 1.54) is 18.5 Å². The van der Waals surface area contributed by atoms with E-state index in [0.717, 1.165) is 0 Å². The fourth-order valence-corrected chi connectivity index (χ4v) is 2.24. The molecular formula is C21H17N3O5. The van der Waals surface area contributed by atoms with Crippen molar-refractivity contribution >= 4 is 24.0 Å². The minimum atomic E-state index is -0.491. The van der Waals surface area contributed by atoms with Crippen molar-refractivity contribution in [2.45, 2.75) is 0 Å². The summed E-state index contributed by atoms with van der Waals surface area (Å²) < 4.78 is 10.2. The van der Waals surface area contributed by atoms with Gasteiger partial charge in [-0.3, -0.25) is 9.59 Å². The minimum absolute atomic E-state index is 0.120. The van der Waals surface area contributed by atoms with Crippen LogP contribution in [0.25, 0.3) is 0 Å². The van der Waals surface area contributed by atoms with Gasteiger partial charge in [0.1, 0.15) is 5.75 Å². The number of furan rings is 1. The van der Waals surface area contributed by atoms with Gasteiger partial charge in [0.2, 0.25) is 0 Å². The molecule has 0 radical (unpaired) electrons. The van der Waals surface area contributed by atoms with Gasteiger partial charge < -0.3 is 14.5 Å². The Bertz CT molecular complexity index is 997.